The molecule has 0 bridgehead atoms. The number of hydrogen-bond acceptors (Lipinski definition) is 7. The highest BCUT2D eigenvalue weighted by molar-refractivity contribution is 7.89. The zero-order valence-corrected chi connectivity index (χ0v) is 20.6. The molecule has 34 heavy (non-hydrogen) atoms. The van der Waals surface area contributed by atoms with Gasteiger partial charge in [0.15, 0.2) is 0 Å². The molecule has 10 nitrogen and oxygen atoms in total. The van der Waals surface area contributed by atoms with Crippen molar-refractivity contribution >= 4 is 33.3 Å². The fourth-order valence-electron chi connectivity index (χ4n) is 3.69. The molecule has 0 radical (unpaired) electrons. The number of nitrogens with one attached hydrogen (secondary N) is 3. The van der Waals surface area contributed by atoms with E-state index in [1.54, 1.807) is 6.20 Å². The van der Waals surface area contributed by atoms with Gasteiger partial charge in [0, 0.05) is 38.4 Å². The van der Waals surface area contributed by atoms with Gasteiger partial charge in [0.1, 0.15) is 5.82 Å². The van der Waals surface area contributed by atoms with Gasteiger partial charge in [0.05, 0.1) is 23.1 Å². The second kappa shape index (κ2) is 10.9. The number of aromatic nitrogens is 1. The zero-order chi connectivity index (χ0) is 24.9. The molecular weight excluding hydrogens is 458 g/mol. The third-order valence-electron chi connectivity index (χ3n) is 5.23. The van der Waals surface area contributed by atoms with Crippen molar-refractivity contribution in [2.24, 2.45) is 0 Å². The van der Waals surface area contributed by atoms with Crippen molar-refractivity contribution in [3.63, 3.8) is 0 Å². The highest BCUT2D eigenvalue weighted by Crippen LogP contribution is 2.18. The monoisotopic (exact) mass is 489 g/mol. The molecule has 3 N–H and O–H groups in total. The molecule has 184 valence electrons. The van der Waals surface area contributed by atoms with E-state index < -0.39 is 22.0 Å². The number of hydrogen-bond donors (Lipinski definition) is 3. The van der Waals surface area contributed by atoms with Gasteiger partial charge in [-0.15, -0.1) is 0 Å². The van der Waals surface area contributed by atoms with Crippen LogP contribution in [-0.2, 0) is 30.9 Å². The molecule has 2 unspecified atom stereocenters. The van der Waals surface area contributed by atoms with Crippen LogP contribution in [0, 0.1) is 0 Å². The SMILES string of the molecule is CC(=O)Nc1ccc(S(=O)(=O)N[C@@H](C)C(=O)NCc2ccc(N3CC(C)OC(C)C3)nc2)cc1. The van der Waals surface area contributed by atoms with Gasteiger partial charge in [-0.1, -0.05) is 6.07 Å². The lowest BCUT2D eigenvalue weighted by Gasteiger charge is -2.36. The maximum atomic E-state index is 12.6. The predicted molar refractivity (Wildman–Crippen MR) is 129 cm³/mol. The lowest BCUT2D eigenvalue weighted by atomic mass is 10.2. The Morgan fingerprint density at radius 1 is 1.12 bits per heavy atom. The number of benzene rings is 1. The molecule has 3 atom stereocenters. The first-order valence-electron chi connectivity index (χ1n) is 11.1. The highest BCUT2D eigenvalue weighted by Gasteiger charge is 2.24. The Balaban J connectivity index is 1.52. The quantitative estimate of drug-likeness (QED) is 0.514. The summed E-state index contributed by atoms with van der Waals surface area (Å²) in [5.74, 6) is 0.134. The Bertz CT molecular complexity index is 1100. The van der Waals surface area contributed by atoms with Crippen molar-refractivity contribution in [3.8, 4) is 0 Å². The zero-order valence-electron chi connectivity index (χ0n) is 19.7. The number of carbonyl (C=O) groups excluding carboxylic acids is 2. The molecule has 2 amide bonds. The number of anilines is 2. The van der Waals surface area contributed by atoms with Gasteiger partial charge in [0.25, 0.3) is 0 Å². The van der Waals surface area contributed by atoms with E-state index in [2.05, 4.69) is 25.2 Å². The standard InChI is InChI=1S/C23H31N5O5S/c1-15-13-28(14-16(2)33-15)22-10-5-19(11-24-22)12-25-23(30)17(3)27-34(31,32)21-8-6-20(7-9-21)26-18(4)29/h5-11,15-17,27H,12-14H2,1-4H3,(H,25,30)(H,26,29)/t15?,16?,17-/m0/s1. The first-order valence-corrected chi connectivity index (χ1v) is 12.5. The minimum Gasteiger partial charge on any atom is -0.372 e. The minimum atomic E-state index is -3.91. The second-order valence-electron chi connectivity index (χ2n) is 8.45. The van der Waals surface area contributed by atoms with Crippen LogP contribution >= 0.6 is 0 Å². The molecule has 1 saturated heterocycles. The van der Waals surface area contributed by atoms with Crippen LogP contribution in [0.5, 0.6) is 0 Å². The van der Waals surface area contributed by atoms with E-state index in [9.17, 15) is 18.0 Å². The molecule has 1 aromatic heterocycles. The summed E-state index contributed by atoms with van der Waals surface area (Å²) in [6.45, 7) is 8.65. The van der Waals surface area contributed by atoms with Crippen molar-refractivity contribution in [2.45, 2.75) is 57.4 Å². The number of carbonyl (C=O) groups is 2. The molecule has 0 aliphatic carbocycles. The molecule has 1 aromatic carbocycles. The normalized spacial score (nSPS) is 19.4. The number of amides is 2. The van der Waals surface area contributed by atoms with Crippen molar-refractivity contribution in [1.29, 1.82) is 0 Å². The molecule has 3 rings (SSSR count). The summed E-state index contributed by atoms with van der Waals surface area (Å²) in [6, 6.07) is 8.50. The largest absolute Gasteiger partial charge is 0.372 e. The van der Waals surface area contributed by atoms with Crippen LogP contribution in [-0.4, -0.2) is 56.6 Å². The highest BCUT2D eigenvalue weighted by atomic mass is 32.2. The van der Waals surface area contributed by atoms with Gasteiger partial charge in [0.2, 0.25) is 21.8 Å². The molecule has 0 spiro atoms. The topological polar surface area (TPSA) is 130 Å². The number of pyridine rings is 1. The summed E-state index contributed by atoms with van der Waals surface area (Å²) in [5.41, 5.74) is 1.28. The smallest absolute Gasteiger partial charge is 0.241 e. The van der Waals surface area contributed by atoms with Crippen LogP contribution in [0.15, 0.2) is 47.5 Å². The van der Waals surface area contributed by atoms with Crippen LogP contribution in [0.1, 0.15) is 33.3 Å². The summed E-state index contributed by atoms with van der Waals surface area (Å²) in [5, 5.41) is 5.30. The van der Waals surface area contributed by atoms with E-state index in [0.29, 0.717) is 5.69 Å². The Labute approximate surface area is 200 Å². The number of sulfonamides is 1. The number of nitrogens with zero attached hydrogens (tertiary/aromatic N) is 2. The maximum Gasteiger partial charge on any atom is 0.241 e. The van der Waals surface area contributed by atoms with Crippen LogP contribution in [0.3, 0.4) is 0 Å². The van der Waals surface area contributed by atoms with Gasteiger partial charge in [-0.3, -0.25) is 9.59 Å². The lowest BCUT2D eigenvalue weighted by molar-refractivity contribution is -0.122. The molecule has 1 aliphatic heterocycles. The second-order valence-corrected chi connectivity index (χ2v) is 10.2. The first kappa shape index (κ1) is 25.6. The molecule has 0 saturated carbocycles. The Hall–Kier alpha value is -3.02. The van der Waals surface area contributed by atoms with Gasteiger partial charge in [-0.05, 0) is 56.7 Å². The Morgan fingerprint density at radius 3 is 2.32 bits per heavy atom. The van der Waals surface area contributed by atoms with Crippen molar-refractivity contribution in [2.75, 3.05) is 23.3 Å². The van der Waals surface area contributed by atoms with Crippen molar-refractivity contribution < 1.29 is 22.7 Å². The van der Waals surface area contributed by atoms with E-state index in [1.807, 2.05) is 26.0 Å². The maximum absolute atomic E-state index is 12.6. The average molecular weight is 490 g/mol. The molecule has 1 fully saturated rings. The fourth-order valence-corrected chi connectivity index (χ4v) is 4.89. The lowest BCUT2D eigenvalue weighted by Crippen LogP contribution is -2.45. The minimum absolute atomic E-state index is 0.00668. The van der Waals surface area contributed by atoms with Crippen LogP contribution in [0.25, 0.3) is 0 Å². The van der Waals surface area contributed by atoms with Gasteiger partial charge in [-0.25, -0.2) is 13.4 Å². The van der Waals surface area contributed by atoms with Crippen LogP contribution in [0.2, 0.25) is 0 Å². The van der Waals surface area contributed by atoms with Crippen molar-refractivity contribution in [3.05, 3.63) is 48.2 Å². The third-order valence-corrected chi connectivity index (χ3v) is 6.79. The molecular formula is C23H31N5O5S. The Morgan fingerprint density at radius 2 is 1.76 bits per heavy atom. The summed E-state index contributed by atoms with van der Waals surface area (Å²) in [4.78, 5) is 30.2. The van der Waals surface area contributed by atoms with E-state index >= 15 is 0 Å². The van der Waals surface area contributed by atoms with Gasteiger partial charge < -0.3 is 20.3 Å². The van der Waals surface area contributed by atoms with Gasteiger partial charge >= 0.3 is 0 Å². The van der Waals surface area contributed by atoms with E-state index in [0.717, 1.165) is 24.5 Å². The summed E-state index contributed by atoms with van der Waals surface area (Å²) in [7, 11) is -3.91. The van der Waals surface area contributed by atoms with Crippen molar-refractivity contribution in [1.82, 2.24) is 15.0 Å². The molecule has 2 aromatic rings. The number of rotatable bonds is 8. The summed E-state index contributed by atoms with van der Waals surface area (Å²) >= 11 is 0. The van der Waals surface area contributed by atoms with E-state index in [1.165, 1.54) is 38.1 Å². The van der Waals surface area contributed by atoms with E-state index in [-0.39, 0.29) is 29.6 Å². The molecule has 11 heteroatoms. The molecule has 2 heterocycles. The van der Waals surface area contributed by atoms with Crippen LogP contribution < -0.4 is 20.3 Å². The number of ether oxygens (including phenoxy) is 1. The van der Waals surface area contributed by atoms with E-state index in [4.69, 9.17) is 4.74 Å². The first-order chi connectivity index (χ1) is 16.0. The predicted octanol–water partition coefficient (Wildman–Crippen LogP) is 1.64. The Kier molecular flexibility index (Phi) is 8.24. The van der Waals surface area contributed by atoms with Crippen LogP contribution in [0.4, 0.5) is 11.5 Å². The third kappa shape index (κ3) is 6.99. The molecule has 1 aliphatic rings. The average Bonchev–Trinajstić information content (AvgIpc) is 2.77. The summed E-state index contributed by atoms with van der Waals surface area (Å²) < 4.78 is 33.3. The van der Waals surface area contributed by atoms with Gasteiger partial charge in [-0.2, -0.15) is 4.72 Å². The number of morpholine rings is 1. The fraction of sp³-hybridized carbons (Fsp3) is 0.435. The summed E-state index contributed by atoms with van der Waals surface area (Å²) in [6.07, 6.45) is 1.96.